The van der Waals surface area contributed by atoms with Gasteiger partial charge in [0.25, 0.3) is 0 Å². The summed E-state index contributed by atoms with van der Waals surface area (Å²) in [5.74, 6) is -9.65. The van der Waals surface area contributed by atoms with Crippen molar-refractivity contribution >= 4 is 23.5 Å². The zero-order valence-corrected chi connectivity index (χ0v) is 43.3. The Hall–Kier alpha value is -3.92. The predicted molar refractivity (Wildman–Crippen MR) is 268 cm³/mol. The van der Waals surface area contributed by atoms with Crippen LogP contribution in [0.15, 0.2) is 72.9 Å². The number of ether oxygens (including phenoxy) is 6. The number of rotatable bonds is 5. The Morgan fingerprint density at radius 3 is 1.75 bits per heavy atom. The highest BCUT2D eigenvalue weighted by atomic mass is 16.7. The molecule has 424 valence electrons. The molecule has 4 aliphatic rings. The maximum Gasteiger partial charge on any atom is 0.316 e. The number of hydrogen-bond donors (Lipinski definition) is 12. The summed E-state index contributed by atoms with van der Waals surface area (Å²) < 4.78 is 35.4. The molecule has 0 aromatic carbocycles. The molecule has 0 saturated carbocycles. The number of aliphatic hydroxyl groups is 9. The third-order valence-electron chi connectivity index (χ3n) is 14.0. The highest BCUT2D eigenvalue weighted by Gasteiger charge is 2.51. The number of nitrogens with two attached hydrogens (primary N) is 2. The van der Waals surface area contributed by atoms with E-state index in [4.69, 9.17) is 39.9 Å². The molecule has 4 heterocycles. The second-order valence-electron chi connectivity index (χ2n) is 20.4. The molecule has 14 N–H and O–H groups in total. The maximum atomic E-state index is 13.4. The zero-order chi connectivity index (χ0) is 55.7. The second kappa shape index (κ2) is 30.3. The van der Waals surface area contributed by atoms with Gasteiger partial charge < -0.3 is 91.0 Å². The average molecular weight is 1070 g/mol. The first-order valence-corrected chi connectivity index (χ1v) is 25.8. The molecule has 0 unspecified atom stereocenters. The van der Waals surface area contributed by atoms with Gasteiger partial charge in [-0.1, -0.05) is 86.8 Å². The molecular weight excluding hydrogens is 985 g/mol. The summed E-state index contributed by atoms with van der Waals surface area (Å²) in [5.41, 5.74) is 12.1. The minimum absolute atomic E-state index is 0.248. The van der Waals surface area contributed by atoms with Crippen LogP contribution in [0.4, 0.5) is 0 Å². The highest BCUT2D eigenvalue weighted by Crippen LogP contribution is 2.36. The summed E-state index contributed by atoms with van der Waals surface area (Å²) in [7, 11) is 0. The molecule has 22 nitrogen and oxygen atoms in total. The van der Waals surface area contributed by atoms with Crippen molar-refractivity contribution in [2.24, 2.45) is 29.2 Å². The van der Waals surface area contributed by atoms with Gasteiger partial charge in [-0.15, -0.1) is 0 Å². The summed E-state index contributed by atoms with van der Waals surface area (Å²) in [4.78, 5) is 52.2. The molecule has 4 rings (SSSR count). The zero-order valence-electron chi connectivity index (χ0n) is 43.3. The summed E-state index contributed by atoms with van der Waals surface area (Å²) in [6, 6.07) is -2.24. The maximum absolute atomic E-state index is 13.4. The van der Waals surface area contributed by atoms with Crippen LogP contribution >= 0.6 is 0 Å². The van der Waals surface area contributed by atoms with Gasteiger partial charge in [0.1, 0.15) is 30.3 Å². The van der Waals surface area contributed by atoms with Crippen molar-refractivity contribution < 1.29 is 98.7 Å². The van der Waals surface area contributed by atoms with Gasteiger partial charge in [0.05, 0.1) is 92.4 Å². The lowest BCUT2D eigenvalue weighted by molar-refractivity contribution is -0.291. The van der Waals surface area contributed by atoms with Gasteiger partial charge in [-0.25, -0.2) is 0 Å². The fourth-order valence-corrected chi connectivity index (χ4v) is 9.38. The van der Waals surface area contributed by atoms with Gasteiger partial charge in [0, 0.05) is 18.3 Å². The number of cyclic esters (lactones) is 1. The van der Waals surface area contributed by atoms with Gasteiger partial charge in [0.15, 0.2) is 29.9 Å². The lowest BCUT2D eigenvalue weighted by atomic mass is 9.84. The number of carboxylic acid groups (broad SMARTS) is 1. The summed E-state index contributed by atoms with van der Waals surface area (Å²) in [6.45, 7) is 8.40. The van der Waals surface area contributed by atoms with Crippen LogP contribution in [0.2, 0.25) is 0 Å². The van der Waals surface area contributed by atoms with Crippen LogP contribution in [0.1, 0.15) is 98.8 Å². The predicted octanol–water partition coefficient (Wildman–Crippen LogP) is 0.170. The van der Waals surface area contributed by atoms with Crippen molar-refractivity contribution in [2.45, 2.75) is 215 Å². The molecule has 4 aliphatic heterocycles. The second-order valence-corrected chi connectivity index (χ2v) is 20.4. The quantitative estimate of drug-likeness (QED) is 0.129. The first kappa shape index (κ1) is 63.6. The van der Waals surface area contributed by atoms with Crippen LogP contribution in [0.25, 0.3) is 0 Å². The molecule has 0 spiro atoms. The van der Waals surface area contributed by atoms with Gasteiger partial charge in [-0.05, 0) is 59.3 Å². The molecule has 3 fully saturated rings. The number of Topliss-reactive ketones (excluding diaryl/α,β-unsaturated/α-hetero) is 2. The first-order valence-electron chi connectivity index (χ1n) is 25.8. The third kappa shape index (κ3) is 19.5. The molecule has 0 aromatic heterocycles. The number of aliphatic carboxylic acids is 1. The normalized spacial score (nSPS) is 42.5. The number of ketones is 2. The van der Waals surface area contributed by atoms with Gasteiger partial charge >= 0.3 is 11.9 Å². The molecule has 2 bridgehead atoms. The fourth-order valence-electron chi connectivity index (χ4n) is 9.38. The SMILES string of the molecule is C[C@@H]1[C@H](O[C@@H]2O[C@H](C)[C@@H](O)[C@H](N)[C@@H]2O)[C@@H](C)C=CC=CCCC=CC=CC=CC=C[C@H](O[C@@H]2O[C@H](C)[C@@H](O)[C@H](N)[C@@H]2O)C[C@@H]2O[C@@](O)(CC(=O)[C@H]2C(=O)O)CC(=O)[C@H](O)CC[C@@H](O)C[C@@H](O)C[C@@H](O)CC(=O)O[C@H]1C. The number of esters is 1. The van der Waals surface area contributed by atoms with E-state index in [1.807, 2.05) is 43.4 Å². The minimum Gasteiger partial charge on any atom is -0.481 e. The number of carbonyl (C=O) groups is 4. The van der Waals surface area contributed by atoms with E-state index in [0.717, 1.165) is 0 Å². The largest absolute Gasteiger partial charge is 0.481 e. The number of fused-ring (bicyclic) bond motifs is 2. The van der Waals surface area contributed by atoms with Crippen LogP contribution in [0.5, 0.6) is 0 Å². The molecule has 0 aromatic rings. The van der Waals surface area contributed by atoms with Crippen LogP contribution in [0.3, 0.4) is 0 Å². The molecule has 0 amide bonds. The van der Waals surface area contributed by atoms with E-state index in [9.17, 15) is 70.2 Å². The van der Waals surface area contributed by atoms with Crippen LogP contribution < -0.4 is 11.5 Å². The molecule has 0 aliphatic carbocycles. The summed E-state index contributed by atoms with van der Waals surface area (Å²) in [6.07, 6.45) is -1.40. The monoisotopic (exact) mass is 1070 g/mol. The smallest absolute Gasteiger partial charge is 0.316 e. The Morgan fingerprint density at radius 2 is 1.15 bits per heavy atom. The van der Waals surface area contributed by atoms with E-state index in [0.29, 0.717) is 12.8 Å². The number of hydrogen-bond acceptors (Lipinski definition) is 21. The molecule has 75 heavy (non-hydrogen) atoms. The summed E-state index contributed by atoms with van der Waals surface area (Å²) in [5, 5.41) is 107. The lowest BCUT2D eigenvalue weighted by Crippen LogP contribution is -2.62. The van der Waals surface area contributed by atoms with E-state index in [1.54, 1.807) is 51.2 Å². The number of carbonyl (C=O) groups excluding carboxylic acids is 3. The van der Waals surface area contributed by atoms with E-state index in [2.05, 4.69) is 0 Å². The van der Waals surface area contributed by atoms with Crippen molar-refractivity contribution in [3.05, 3.63) is 72.9 Å². The Bertz CT molecular complexity index is 2010. The first-order chi connectivity index (χ1) is 35.3. The topological polar surface area (TPSA) is 378 Å². The highest BCUT2D eigenvalue weighted by molar-refractivity contribution is 6.00. The Balaban J connectivity index is 1.56. The molecule has 22 heteroatoms. The van der Waals surface area contributed by atoms with E-state index in [1.165, 1.54) is 13.0 Å². The van der Waals surface area contributed by atoms with Crippen molar-refractivity contribution in [2.75, 3.05) is 0 Å². The Morgan fingerprint density at radius 1 is 0.627 bits per heavy atom. The number of aliphatic hydroxyl groups excluding tert-OH is 8. The number of allylic oxidation sites excluding steroid dienone is 10. The summed E-state index contributed by atoms with van der Waals surface area (Å²) >= 11 is 0. The van der Waals surface area contributed by atoms with Crippen LogP contribution in [-0.2, 0) is 47.6 Å². The van der Waals surface area contributed by atoms with E-state index in [-0.39, 0.29) is 31.6 Å². The van der Waals surface area contributed by atoms with Crippen LogP contribution in [0, 0.1) is 17.8 Å². The minimum atomic E-state index is -2.58. The third-order valence-corrected chi connectivity index (χ3v) is 14.0. The molecule has 0 radical (unpaired) electrons. The molecular formula is C53H82N2O20. The molecule has 3 saturated heterocycles. The van der Waals surface area contributed by atoms with E-state index >= 15 is 0 Å². The van der Waals surface area contributed by atoms with Crippen LogP contribution in [-0.4, -0.2) is 190 Å². The van der Waals surface area contributed by atoms with Gasteiger partial charge in [-0.2, -0.15) is 0 Å². The fraction of sp³-hybridized carbons (Fsp3) is 0.698. The van der Waals surface area contributed by atoms with Gasteiger partial charge in [0.2, 0.25) is 0 Å². The van der Waals surface area contributed by atoms with Crippen molar-refractivity contribution in [1.82, 2.24) is 0 Å². The standard InChI is InChI=1S/C53H82N2O20/c1-28-18-16-14-12-10-8-6-7-9-11-13-15-17-19-36(73-51-47(65)43(54)45(63)31(4)71-51)25-40-42(50(67)68)39(61)27-53(69,75-40)26-38(60)37(59)21-20-33(56)22-34(57)23-35(58)24-41(62)70-30(3)29(2)49(28)74-52-48(66)44(55)46(64)32(5)72-52/h6-7,9,11-19,28-37,40,42-49,51-52,56-59,63-66,69H,8,10,20-27,54-55H2,1-5H3,(H,67,68)/t28-,29-,30-,31+,32+,33+,34+,35+,36-,37+,40-,42+,43-,44-,45+,46+,47-,48-,49+,51-,52-,53+/m0/s1. The van der Waals surface area contributed by atoms with Crippen molar-refractivity contribution in [3.8, 4) is 0 Å². The van der Waals surface area contributed by atoms with Crippen molar-refractivity contribution in [1.29, 1.82) is 0 Å². The lowest BCUT2D eigenvalue weighted by Gasteiger charge is -2.43. The Kier molecular flexibility index (Phi) is 25.7. The molecule has 22 atom stereocenters. The Labute approximate surface area is 438 Å². The average Bonchev–Trinajstić information content (AvgIpc) is 3.32. The van der Waals surface area contributed by atoms with E-state index < -0.39 is 177 Å². The van der Waals surface area contributed by atoms with Crippen molar-refractivity contribution in [3.63, 3.8) is 0 Å². The number of carboxylic acids is 1. The van der Waals surface area contributed by atoms with Gasteiger partial charge in [-0.3, -0.25) is 19.2 Å².